The Morgan fingerprint density at radius 2 is 1.79 bits per heavy atom. The Hall–Kier alpha value is -2.83. The summed E-state index contributed by atoms with van der Waals surface area (Å²) in [6.07, 6.45) is 2.69. The molecule has 0 spiro atoms. The lowest BCUT2D eigenvalue weighted by Crippen LogP contribution is -2.26. The van der Waals surface area contributed by atoms with Gasteiger partial charge >= 0.3 is 0 Å². The van der Waals surface area contributed by atoms with E-state index in [9.17, 15) is 4.79 Å². The smallest absolute Gasteiger partial charge is 0.255 e. The van der Waals surface area contributed by atoms with Crippen LogP contribution in [0.4, 0.5) is 0 Å². The predicted octanol–water partition coefficient (Wildman–Crippen LogP) is 3.37. The van der Waals surface area contributed by atoms with E-state index in [0.29, 0.717) is 24.3 Å². The normalized spacial score (nSPS) is 10.3. The van der Waals surface area contributed by atoms with Crippen LogP contribution in [0.3, 0.4) is 0 Å². The number of benzene rings is 2. The van der Waals surface area contributed by atoms with Crippen LogP contribution in [0.1, 0.15) is 22.3 Å². The van der Waals surface area contributed by atoms with Crippen LogP contribution in [0.15, 0.2) is 60.8 Å². The van der Waals surface area contributed by atoms with E-state index in [4.69, 9.17) is 9.84 Å². The number of amides is 1. The van der Waals surface area contributed by atoms with Gasteiger partial charge in [-0.1, -0.05) is 30.3 Å². The van der Waals surface area contributed by atoms with Crippen LogP contribution in [-0.4, -0.2) is 42.9 Å². The zero-order valence-electron chi connectivity index (χ0n) is 16.7. The third-order valence-electron chi connectivity index (χ3n) is 4.45. The summed E-state index contributed by atoms with van der Waals surface area (Å²) >= 11 is 0. The van der Waals surface area contributed by atoms with Gasteiger partial charge in [0.05, 0.1) is 19.2 Å². The monoisotopic (exact) mass is 414 g/mol. The molecular weight excluding hydrogens is 388 g/mol. The van der Waals surface area contributed by atoms with E-state index in [-0.39, 0.29) is 18.3 Å². The highest BCUT2D eigenvalue weighted by atomic mass is 35.5. The number of methoxy groups -OCH3 is 1. The molecule has 1 aromatic heterocycles. The Kier molecular flexibility index (Phi) is 8.70. The van der Waals surface area contributed by atoms with Gasteiger partial charge in [-0.05, 0) is 49.8 Å². The number of rotatable bonds is 9. The molecule has 7 heteroatoms. The fraction of sp³-hybridized carbons (Fsp3) is 0.273. The fourth-order valence-electron chi connectivity index (χ4n) is 2.96. The van der Waals surface area contributed by atoms with E-state index < -0.39 is 0 Å². The van der Waals surface area contributed by atoms with Crippen molar-refractivity contribution in [2.45, 2.75) is 13.0 Å². The molecule has 0 saturated carbocycles. The molecule has 3 rings (SSSR count). The molecule has 2 aromatic carbocycles. The van der Waals surface area contributed by atoms with Crippen LogP contribution in [0.2, 0.25) is 0 Å². The number of hydrogen-bond donors (Lipinski definition) is 2. The Balaban J connectivity index is 0.00000300. The molecule has 0 aliphatic rings. The number of carbonyl (C=O) groups is 1. The molecule has 29 heavy (non-hydrogen) atoms. The third-order valence-corrected chi connectivity index (χ3v) is 4.45. The van der Waals surface area contributed by atoms with Crippen molar-refractivity contribution >= 4 is 18.3 Å². The summed E-state index contributed by atoms with van der Waals surface area (Å²) in [4.78, 5) is 12.8. The second-order valence-electron chi connectivity index (χ2n) is 6.52. The maximum atomic E-state index is 12.8. The van der Waals surface area contributed by atoms with Crippen molar-refractivity contribution in [3.63, 3.8) is 0 Å². The van der Waals surface area contributed by atoms with Gasteiger partial charge in [0.2, 0.25) is 0 Å². The number of nitrogens with zero attached hydrogens (tertiary/aromatic N) is 2. The summed E-state index contributed by atoms with van der Waals surface area (Å²) in [7, 11) is 3.53. The van der Waals surface area contributed by atoms with Gasteiger partial charge in [-0.25, -0.2) is 0 Å². The Labute approximate surface area is 177 Å². The van der Waals surface area contributed by atoms with E-state index >= 15 is 0 Å². The number of aromatic nitrogens is 2. The second-order valence-corrected chi connectivity index (χ2v) is 6.52. The number of carbonyl (C=O) groups excluding carboxylic acids is 1. The largest absolute Gasteiger partial charge is 0.497 e. The first-order valence-corrected chi connectivity index (χ1v) is 9.40. The maximum absolute atomic E-state index is 12.8. The number of ether oxygens (including phenoxy) is 1. The average molecular weight is 415 g/mol. The van der Waals surface area contributed by atoms with E-state index in [1.165, 1.54) is 0 Å². The molecule has 0 aliphatic carbocycles. The lowest BCUT2D eigenvalue weighted by molar-refractivity contribution is 0.0954. The van der Waals surface area contributed by atoms with Crippen LogP contribution in [-0.2, 0) is 6.54 Å². The van der Waals surface area contributed by atoms with Crippen molar-refractivity contribution in [2.24, 2.45) is 0 Å². The molecule has 2 N–H and O–H groups in total. The minimum absolute atomic E-state index is 0. The average Bonchev–Trinajstić information content (AvgIpc) is 3.16. The summed E-state index contributed by atoms with van der Waals surface area (Å²) in [6.45, 7) is 2.08. The Morgan fingerprint density at radius 1 is 1.07 bits per heavy atom. The Morgan fingerprint density at radius 3 is 2.45 bits per heavy atom. The van der Waals surface area contributed by atoms with Crippen LogP contribution in [0, 0.1) is 0 Å². The number of nitrogens with one attached hydrogen (secondary N) is 2. The summed E-state index contributed by atoms with van der Waals surface area (Å²) in [6, 6.07) is 17.7. The summed E-state index contributed by atoms with van der Waals surface area (Å²) in [5.41, 5.74) is 3.26. The van der Waals surface area contributed by atoms with Crippen molar-refractivity contribution in [1.82, 2.24) is 20.4 Å². The summed E-state index contributed by atoms with van der Waals surface area (Å²) < 4.78 is 7.05. The molecule has 0 fully saturated rings. The molecule has 0 aliphatic heterocycles. The molecule has 0 saturated heterocycles. The zero-order chi connectivity index (χ0) is 19.8. The molecule has 0 bridgehead atoms. The first-order valence-electron chi connectivity index (χ1n) is 9.40. The highest BCUT2D eigenvalue weighted by molar-refractivity contribution is 5.99. The molecule has 3 aromatic rings. The fourth-order valence-corrected chi connectivity index (χ4v) is 2.96. The van der Waals surface area contributed by atoms with Gasteiger partial charge in [0.25, 0.3) is 5.91 Å². The van der Waals surface area contributed by atoms with E-state index in [1.54, 1.807) is 7.11 Å². The van der Waals surface area contributed by atoms with Gasteiger partial charge in [-0.15, -0.1) is 12.4 Å². The first kappa shape index (κ1) is 22.5. The molecular formula is C22H27ClN4O2. The lowest BCUT2D eigenvalue weighted by Gasteiger charge is -2.06. The molecule has 0 radical (unpaired) electrons. The van der Waals surface area contributed by atoms with Gasteiger partial charge in [0.1, 0.15) is 11.4 Å². The number of hydrogen-bond acceptors (Lipinski definition) is 4. The van der Waals surface area contributed by atoms with Gasteiger partial charge in [0.15, 0.2) is 0 Å². The van der Waals surface area contributed by atoms with Crippen molar-refractivity contribution in [3.8, 4) is 17.0 Å². The SMILES string of the molecule is CNCCCNC(=O)c1cn(Cc2ccccc2)nc1-c1ccc(OC)cc1.Cl. The van der Waals surface area contributed by atoms with Crippen molar-refractivity contribution in [3.05, 3.63) is 71.9 Å². The summed E-state index contributed by atoms with van der Waals surface area (Å²) in [5, 5.41) is 10.8. The van der Waals surface area contributed by atoms with Crippen molar-refractivity contribution in [2.75, 3.05) is 27.2 Å². The van der Waals surface area contributed by atoms with Crippen molar-refractivity contribution < 1.29 is 9.53 Å². The highest BCUT2D eigenvalue weighted by Crippen LogP contribution is 2.25. The highest BCUT2D eigenvalue weighted by Gasteiger charge is 2.18. The van der Waals surface area contributed by atoms with Gasteiger partial charge in [-0.3, -0.25) is 9.48 Å². The molecule has 154 valence electrons. The zero-order valence-corrected chi connectivity index (χ0v) is 17.5. The topological polar surface area (TPSA) is 68.2 Å². The predicted molar refractivity (Wildman–Crippen MR) is 118 cm³/mol. The van der Waals surface area contributed by atoms with Gasteiger partial charge in [0, 0.05) is 18.3 Å². The van der Waals surface area contributed by atoms with E-state index in [0.717, 1.165) is 29.8 Å². The molecule has 0 unspecified atom stereocenters. The van der Waals surface area contributed by atoms with Crippen molar-refractivity contribution in [1.29, 1.82) is 0 Å². The minimum Gasteiger partial charge on any atom is -0.497 e. The molecule has 1 heterocycles. The first-order chi connectivity index (χ1) is 13.7. The third kappa shape index (κ3) is 6.07. The van der Waals surface area contributed by atoms with Crippen LogP contribution < -0.4 is 15.4 Å². The van der Waals surface area contributed by atoms with Crippen LogP contribution >= 0.6 is 12.4 Å². The quantitative estimate of drug-likeness (QED) is 0.527. The van der Waals surface area contributed by atoms with Crippen LogP contribution in [0.25, 0.3) is 11.3 Å². The van der Waals surface area contributed by atoms with E-state index in [2.05, 4.69) is 10.6 Å². The lowest BCUT2D eigenvalue weighted by atomic mass is 10.1. The number of halogens is 1. The van der Waals surface area contributed by atoms with Gasteiger partial charge < -0.3 is 15.4 Å². The Bertz CT molecular complexity index is 895. The standard InChI is InChI=1S/C22H26N4O2.ClH/c1-23-13-6-14-24-22(27)20-16-26(15-17-7-4-3-5-8-17)25-21(20)18-9-11-19(28-2)12-10-18;/h3-5,7-12,16,23H,6,13-15H2,1-2H3,(H,24,27);1H. The summed E-state index contributed by atoms with van der Waals surface area (Å²) in [5.74, 6) is 0.659. The second kappa shape index (κ2) is 11.2. The molecule has 6 nitrogen and oxygen atoms in total. The van der Waals surface area contributed by atoms with E-state index in [1.807, 2.05) is 72.5 Å². The molecule has 0 atom stereocenters. The maximum Gasteiger partial charge on any atom is 0.255 e. The minimum atomic E-state index is -0.110. The molecule has 1 amide bonds. The van der Waals surface area contributed by atoms with Gasteiger partial charge in [-0.2, -0.15) is 5.10 Å². The van der Waals surface area contributed by atoms with Crippen LogP contribution in [0.5, 0.6) is 5.75 Å².